The maximum Gasteiger partial charge on any atom is 0.274 e. The first-order valence-electron chi connectivity index (χ1n) is 10.2. The minimum Gasteiger partial charge on any atom is -0.483 e. The van der Waals surface area contributed by atoms with Crippen LogP contribution in [0.15, 0.2) is 60.8 Å². The number of pyridine rings is 1. The van der Waals surface area contributed by atoms with Crippen LogP contribution in [0, 0.1) is 18.3 Å². The molecule has 0 fully saturated rings. The SMILES string of the molecule is Cc1ccccc1OCC(=O)Nc1ccc(C(=O)Nc2cc(C#N)cc(C(C)(C)O)c2)nc1. The van der Waals surface area contributed by atoms with Crippen molar-refractivity contribution in [2.45, 2.75) is 26.4 Å². The molecule has 0 atom stereocenters. The van der Waals surface area contributed by atoms with E-state index in [1.54, 1.807) is 38.1 Å². The van der Waals surface area contributed by atoms with Gasteiger partial charge in [-0.1, -0.05) is 18.2 Å². The number of aryl methyl sites for hydroxylation is 1. The zero-order valence-corrected chi connectivity index (χ0v) is 18.5. The lowest BCUT2D eigenvalue weighted by Gasteiger charge is -2.19. The van der Waals surface area contributed by atoms with Gasteiger partial charge < -0.3 is 20.5 Å². The Kier molecular flexibility index (Phi) is 7.06. The average molecular weight is 444 g/mol. The monoisotopic (exact) mass is 444 g/mol. The van der Waals surface area contributed by atoms with Crippen molar-refractivity contribution in [2.24, 2.45) is 0 Å². The Morgan fingerprint density at radius 2 is 1.85 bits per heavy atom. The van der Waals surface area contributed by atoms with E-state index in [4.69, 9.17) is 4.74 Å². The molecular weight excluding hydrogens is 420 g/mol. The highest BCUT2D eigenvalue weighted by Crippen LogP contribution is 2.25. The third kappa shape index (κ3) is 6.38. The summed E-state index contributed by atoms with van der Waals surface area (Å²) in [6, 6.07) is 17.1. The second-order valence-electron chi connectivity index (χ2n) is 7.96. The summed E-state index contributed by atoms with van der Waals surface area (Å²) in [6.07, 6.45) is 1.37. The average Bonchev–Trinajstić information content (AvgIpc) is 2.78. The first-order chi connectivity index (χ1) is 15.7. The highest BCUT2D eigenvalue weighted by molar-refractivity contribution is 6.03. The van der Waals surface area contributed by atoms with E-state index in [1.165, 1.54) is 18.3 Å². The third-order valence-corrected chi connectivity index (χ3v) is 4.76. The number of carbonyl (C=O) groups is 2. The molecule has 0 aliphatic carbocycles. The van der Waals surface area contributed by atoms with Gasteiger partial charge in [-0.05, 0) is 68.3 Å². The van der Waals surface area contributed by atoms with Crippen LogP contribution in [0.1, 0.15) is 41.0 Å². The van der Waals surface area contributed by atoms with Crippen molar-refractivity contribution in [3.05, 3.63) is 83.2 Å². The molecule has 2 amide bonds. The van der Waals surface area contributed by atoms with E-state index in [9.17, 15) is 20.0 Å². The van der Waals surface area contributed by atoms with Crippen LogP contribution in [0.3, 0.4) is 0 Å². The van der Waals surface area contributed by atoms with E-state index in [0.717, 1.165) is 5.56 Å². The molecule has 8 nitrogen and oxygen atoms in total. The molecule has 0 radical (unpaired) electrons. The lowest BCUT2D eigenvalue weighted by Crippen LogP contribution is -2.21. The first kappa shape index (κ1) is 23.4. The first-order valence-corrected chi connectivity index (χ1v) is 10.2. The summed E-state index contributed by atoms with van der Waals surface area (Å²) in [5.74, 6) is -0.219. The molecule has 0 saturated heterocycles. The van der Waals surface area contributed by atoms with Gasteiger partial charge in [-0.25, -0.2) is 4.98 Å². The van der Waals surface area contributed by atoms with Gasteiger partial charge >= 0.3 is 0 Å². The predicted octanol–water partition coefficient (Wildman–Crippen LogP) is 3.76. The van der Waals surface area contributed by atoms with Gasteiger partial charge in [0.1, 0.15) is 11.4 Å². The molecule has 0 aliphatic rings. The molecule has 1 heterocycles. The van der Waals surface area contributed by atoms with Crippen LogP contribution in [-0.2, 0) is 10.4 Å². The molecule has 0 spiro atoms. The normalized spacial score (nSPS) is 10.8. The molecule has 0 aliphatic heterocycles. The highest BCUT2D eigenvalue weighted by Gasteiger charge is 2.18. The number of hydrogen-bond donors (Lipinski definition) is 3. The smallest absolute Gasteiger partial charge is 0.274 e. The van der Waals surface area contributed by atoms with Crippen molar-refractivity contribution in [1.82, 2.24) is 4.98 Å². The molecule has 33 heavy (non-hydrogen) atoms. The molecule has 0 bridgehead atoms. The predicted molar refractivity (Wildman–Crippen MR) is 124 cm³/mol. The van der Waals surface area contributed by atoms with E-state index in [2.05, 4.69) is 15.6 Å². The van der Waals surface area contributed by atoms with Gasteiger partial charge in [0.25, 0.3) is 11.8 Å². The molecular formula is C25H24N4O4. The largest absolute Gasteiger partial charge is 0.483 e. The Morgan fingerprint density at radius 1 is 1.09 bits per heavy atom. The van der Waals surface area contributed by atoms with E-state index in [-0.39, 0.29) is 18.2 Å². The number of anilines is 2. The summed E-state index contributed by atoms with van der Waals surface area (Å²) in [4.78, 5) is 28.8. The van der Waals surface area contributed by atoms with Gasteiger partial charge in [-0.15, -0.1) is 0 Å². The summed E-state index contributed by atoms with van der Waals surface area (Å²) in [6.45, 7) is 4.92. The number of nitrogens with one attached hydrogen (secondary N) is 2. The van der Waals surface area contributed by atoms with Crippen LogP contribution in [0.4, 0.5) is 11.4 Å². The molecule has 2 aromatic carbocycles. The fourth-order valence-electron chi connectivity index (χ4n) is 2.97. The number of rotatable bonds is 7. The van der Waals surface area contributed by atoms with Crippen LogP contribution in [0.2, 0.25) is 0 Å². The van der Waals surface area contributed by atoms with Gasteiger partial charge in [0.05, 0.1) is 29.1 Å². The van der Waals surface area contributed by atoms with Crippen LogP contribution in [0.5, 0.6) is 5.75 Å². The molecule has 168 valence electrons. The second-order valence-corrected chi connectivity index (χ2v) is 7.96. The maximum absolute atomic E-state index is 12.6. The van der Waals surface area contributed by atoms with Gasteiger partial charge in [-0.2, -0.15) is 5.26 Å². The fourth-order valence-corrected chi connectivity index (χ4v) is 2.97. The van der Waals surface area contributed by atoms with E-state index >= 15 is 0 Å². The number of nitrogens with zero attached hydrogens (tertiary/aromatic N) is 2. The van der Waals surface area contributed by atoms with Crippen LogP contribution >= 0.6 is 0 Å². The fraction of sp³-hybridized carbons (Fsp3) is 0.200. The van der Waals surface area contributed by atoms with Gasteiger partial charge in [-0.3, -0.25) is 9.59 Å². The number of amides is 2. The summed E-state index contributed by atoms with van der Waals surface area (Å²) in [5.41, 5.74) is 1.46. The zero-order valence-electron chi connectivity index (χ0n) is 18.5. The summed E-state index contributed by atoms with van der Waals surface area (Å²) >= 11 is 0. The van der Waals surface area contributed by atoms with Crippen LogP contribution in [-0.4, -0.2) is 28.5 Å². The summed E-state index contributed by atoms with van der Waals surface area (Å²) < 4.78 is 5.51. The summed E-state index contributed by atoms with van der Waals surface area (Å²) in [7, 11) is 0. The number of hydrogen-bond acceptors (Lipinski definition) is 6. The Hall–Kier alpha value is -4.22. The molecule has 0 saturated carbocycles. The molecule has 1 aromatic heterocycles. The number of nitriles is 1. The second kappa shape index (κ2) is 9.94. The zero-order chi connectivity index (χ0) is 24.0. The molecule has 3 N–H and O–H groups in total. The van der Waals surface area contributed by atoms with Crippen molar-refractivity contribution >= 4 is 23.2 Å². The van der Waals surface area contributed by atoms with Crippen molar-refractivity contribution in [3.8, 4) is 11.8 Å². The minimum absolute atomic E-state index is 0.122. The number of benzene rings is 2. The lowest BCUT2D eigenvalue weighted by molar-refractivity contribution is -0.118. The number of para-hydroxylation sites is 1. The van der Waals surface area contributed by atoms with Crippen molar-refractivity contribution in [3.63, 3.8) is 0 Å². The Morgan fingerprint density at radius 3 is 2.48 bits per heavy atom. The quantitative estimate of drug-likeness (QED) is 0.510. The van der Waals surface area contributed by atoms with E-state index in [1.807, 2.05) is 31.2 Å². The Balaban J connectivity index is 1.62. The number of aromatic nitrogens is 1. The van der Waals surface area contributed by atoms with Crippen LogP contribution in [0.25, 0.3) is 0 Å². The van der Waals surface area contributed by atoms with Gasteiger partial charge in [0.2, 0.25) is 0 Å². The highest BCUT2D eigenvalue weighted by atomic mass is 16.5. The molecule has 3 rings (SSSR count). The standard InChI is InChI=1S/C25H24N4O4/c1-16-6-4-5-7-22(16)33-15-23(30)28-19-8-9-21(27-14-19)24(31)29-20-11-17(13-26)10-18(12-20)25(2,3)32/h4-12,14,32H,15H2,1-3H3,(H,28,30)(H,29,31). The molecule has 8 heteroatoms. The number of ether oxygens (including phenoxy) is 1. The summed E-state index contributed by atoms with van der Waals surface area (Å²) in [5, 5.41) is 24.8. The molecule has 0 unspecified atom stereocenters. The number of carbonyl (C=O) groups excluding carboxylic acids is 2. The minimum atomic E-state index is -1.17. The van der Waals surface area contributed by atoms with Crippen molar-refractivity contribution in [1.29, 1.82) is 5.26 Å². The lowest BCUT2D eigenvalue weighted by atomic mass is 9.96. The van der Waals surface area contributed by atoms with Gasteiger partial charge in [0.15, 0.2) is 6.61 Å². The van der Waals surface area contributed by atoms with Crippen molar-refractivity contribution in [2.75, 3.05) is 17.2 Å². The number of aliphatic hydroxyl groups is 1. The Labute approximate surface area is 191 Å². The Bertz CT molecular complexity index is 1210. The topological polar surface area (TPSA) is 124 Å². The van der Waals surface area contributed by atoms with Gasteiger partial charge in [0, 0.05) is 5.69 Å². The van der Waals surface area contributed by atoms with Crippen molar-refractivity contribution < 1.29 is 19.4 Å². The molecule has 3 aromatic rings. The third-order valence-electron chi connectivity index (χ3n) is 4.76. The van der Waals surface area contributed by atoms with E-state index in [0.29, 0.717) is 28.3 Å². The maximum atomic E-state index is 12.6. The van der Waals surface area contributed by atoms with Crippen LogP contribution < -0.4 is 15.4 Å². The van der Waals surface area contributed by atoms with E-state index < -0.39 is 11.5 Å².